The minimum Gasteiger partial charge on any atom is -0.358 e. The molecule has 0 atom stereocenters. The highest BCUT2D eigenvalue weighted by atomic mass is 16.6. The van der Waals surface area contributed by atoms with Gasteiger partial charge in [0, 0.05) is 25.6 Å². The predicted molar refractivity (Wildman–Crippen MR) is 102 cm³/mol. The molecule has 0 saturated carbocycles. The summed E-state index contributed by atoms with van der Waals surface area (Å²) in [6.45, 7) is 2.03. The number of carbonyl (C=O) groups excluding carboxylic acids is 1. The number of carbonyl (C=O) groups is 1. The van der Waals surface area contributed by atoms with Crippen molar-refractivity contribution in [2.45, 2.75) is 26.3 Å². The molecule has 1 heterocycles. The first-order valence-electron chi connectivity index (χ1n) is 8.70. The monoisotopic (exact) mass is 362 g/mol. The van der Waals surface area contributed by atoms with Gasteiger partial charge in [-0.25, -0.2) is 0 Å². The molecule has 0 bridgehead atoms. The van der Waals surface area contributed by atoms with Crippen LogP contribution in [0.1, 0.15) is 23.4 Å². The fourth-order valence-electron chi connectivity index (χ4n) is 3.47. The lowest BCUT2D eigenvalue weighted by molar-refractivity contribution is -0.389. The molecule has 1 aliphatic rings. The molecule has 1 amide bonds. The second kappa shape index (κ2) is 6.68. The molecule has 2 aromatic carbocycles. The third-order valence-corrected chi connectivity index (χ3v) is 4.81. The molecule has 136 valence electrons. The van der Waals surface area contributed by atoms with Gasteiger partial charge in [-0.15, -0.1) is 0 Å². The Labute approximate surface area is 155 Å². The van der Waals surface area contributed by atoms with Gasteiger partial charge >= 0.3 is 5.82 Å². The summed E-state index contributed by atoms with van der Waals surface area (Å²) in [6, 6.07) is 14.3. The molecule has 0 aliphatic heterocycles. The first kappa shape index (κ1) is 17.0. The lowest BCUT2D eigenvalue weighted by Crippen LogP contribution is -2.14. The molecule has 1 aliphatic carbocycles. The van der Waals surface area contributed by atoms with Crippen LogP contribution in [0.5, 0.6) is 0 Å². The number of fused-ring (bicyclic) bond motifs is 3. The van der Waals surface area contributed by atoms with Crippen LogP contribution < -0.4 is 5.32 Å². The Bertz CT molecular complexity index is 1060. The van der Waals surface area contributed by atoms with Gasteiger partial charge in [-0.1, -0.05) is 30.3 Å². The summed E-state index contributed by atoms with van der Waals surface area (Å²) < 4.78 is 1.62. The van der Waals surface area contributed by atoms with Gasteiger partial charge in [0.25, 0.3) is 0 Å². The van der Waals surface area contributed by atoms with Crippen LogP contribution in [0.4, 0.5) is 11.5 Å². The van der Waals surface area contributed by atoms with Crippen LogP contribution in [0.15, 0.2) is 48.7 Å². The lowest BCUT2D eigenvalue weighted by Gasteiger charge is -2.08. The number of imidazole rings is 1. The van der Waals surface area contributed by atoms with Crippen LogP contribution in [-0.2, 0) is 17.8 Å². The molecule has 0 fully saturated rings. The highest BCUT2D eigenvalue weighted by molar-refractivity contribution is 5.91. The summed E-state index contributed by atoms with van der Waals surface area (Å²) in [7, 11) is 0. The van der Waals surface area contributed by atoms with Crippen LogP contribution >= 0.6 is 0 Å². The molecule has 0 radical (unpaired) electrons. The van der Waals surface area contributed by atoms with Crippen LogP contribution in [-0.4, -0.2) is 20.4 Å². The second-order valence-corrected chi connectivity index (χ2v) is 6.60. The van der Waals surface area contributed by atoms with E-state index in [2.05, 4.69) is 22.4 Å². The first-order valence-corrected chi connectivity index (χ1v) is 8.70. The number of hydrogen-bond donors (Lipinski definition) is 1. The van der Waals surface area contributed by atoms with Crippen molar-refractivity contribution in [1.29, 1.82) is 0 Å². The predicted octanol–water partition coefficient (Wildman–Crippen LogP) is 3.70. The van der Waals surface area contributed by atoms with E-state index < -0.39 is 4.92 Å². The normalized spacial score (nSPS) is 11.7. The molecule has 1 aromatic heterocycles. The van der Waals surface area contributed by atoms with Gasteiger partial charge < -0.3 is 20.0 Å². The Morgan fingerprint density at radius 1 is 1.22 bits per heavy atom. The van der Waals surface area contributed by atoms with E-state index >= 15 is 0 Å². The molecule has 7 nitrogen and oxygen atoms in total. The van der Waals surface area contributed by atoms with Gasteiger partial charge in [-0.05, 0) is 50.7 Å². The molecule has 1 N–H and O–H groups in total. The van der Waals surface area contributed by atoms with Gasteiger partial charge in [-0.3, -0.25) is 4.79 Å². The van der Waals surface area contributed by atoms with Gasteiger partial charge in [-0.2, -0.15) is 0 Å². The summed E-state index contributed by atoms with van der Waals surface area (Å²) in [5, 5.41) is 13.7. The van der Waals surface area contributed by atoms with Crippen molar-refractivity contribution in [3.8, 4) is 11.1 Å². The zero-order valence-electron chi connectivity index (χ0n) is 14.8. The molecule has 3 aromatic rings. The Kier molecular flexibility index (Phi) is 4.19. The van der Waals surface area contributed by atoms with E-state index in [0.29, 0.717) is 12.4 Å². The minimum atomic E-state index is -0.536. The average Bonchev–Trinajstić information content (AvgIpc) is 3.20. The highest BCUT2D eigenvalue weighted by Crippen LogP contribution is 2.37. The summed E-state index contributed by atoms with van der Waals surface area (Å²) in [6.07, 6.45) is 2.44. The number of nitro groups is 1. The molecule has 27 heavy (non-hydrogen) atoms. The zero-order chi connectivity index (χ0) is 19.0. The molecule has 0 spiro atoms. The molecule has 4 rings (SSSR count). The zero-order valence-corrected chi connectivity index (χ0v) is 14.8. The van der Waals surface area contributed by atoms with Crippen LogP contribution in [0, 0.1) is 17.0 Å². The van der Waals surface area contributed by atoms with Crippen molar-refractivity contribution < 1.29 is 9.72 Å². The number of amides is 1. The van der Waals surface area contributed by atoms with E-state index in [4.69, 9.17) is 0 Å². The first-order chi connectivity index (χ1) is 13.0. The van der Waals surface area contributed by atoms with Gasteiger partial charge in [0.05, 0.1) is 0 Å². The smallest absolute Gasteiger partial charge is 0.358 e. The number of nitrogens with zero attached hydrogens (tertiary/aromatic N) is 3. The summed E-state index contributed by atoms with van der Waals surface area (Å²) in [5.41, 5.74) is 5.73. The largest absolute Gasteiger partial charge is 0.381 e. The Morgan fingerprint density at radius 2 is 2.00 bits per heavy atom. The number of benzene rings is 2. The maximum Gasteiger partial charge on any atom is 0.381 e. The number of nitrogens with one attached hydrogen (secondary N) is 1. The van der Waals surface area contributed by atoms with E-state index in [9.17, 15) is 14.9 Å². The Hall–Kier alpha value is -3.48. The summed E-state index contributed by atoms with van der Waals surface area (Å²) in [4.78, 5) is 26.4. The van der Waals surface area contributed by atoms with Crippen molar-refractivity contribution in [2.24, 2.45) is 0 Å². The molecular weight excluding hydrogens is 344 g/mol. The number of hydrogen-bond acceptors (Lipinski definition) is 4. The SMILES string of the molecule is Cc1nc([N+](=O)[O-])cn1CCC(=O)Nc1ccc2c(c1)Cc1ccccc1-2. The van der Waals surface area contributed by atoms with E-state index in [1.807, 2.05) is 30.3 Å². The highest BCUT2D eigenvalue weighted by Gasteiger charge is 2.19. The minimum absolute atomic E-state index is 0.138. The maximum absolute atomic E-state index is 12.3. The lowest BCUT2D eigenvalue weighted by atomic mass is 10.1. The maximum atomic E-state index is 12.3. The molecule has 7 heteroatoms. The van der Waals surface area contributed by atoms with Gasteiger partial charge in [0.2, 0.25) is 11.7 Å². The van der Waals surface area contributed by atoms with Crippen molar-refractivity contribution in [1.82, 2.24) is 9.55 Å². The number of aryl methyl sites for hydroxylation is 2. The van der Waals surface area contributed by atoms with Crippen molar-refractivity contribution in [3.63, 3.8) is 0 Å². The molecular formula is C20H18N4O3. The number of anilines is 1. The Morgan fingerprint density at radius 3 is 2.78 bits per heavy atom. The van der Waals surface area contributed by atoms with Crippen molar-refractivity contribution in [3.05, 3.63) is 75.7 Å². The third-order valence-electron chi connectivity index (χ3n) is 4.81. The van der Waals surface area contributed by atoms with Crippen LogP contribution in [0.2, 0.25) is 0 Å². The van der Waals surface area contributed by atoms with Crippen LogP contribution in [0.25, 0.3) is 11.1 Å². The number of aromatic nitrogens is 2. The third kappa shape index (κ3) is 3.31. The van der Waals surface area contributed by atoms with E-state index in [0.717, 1.165) is 12.1 Å². The fourth-order valence-corrected chi connectivity index (χ4v) is 3.47. The summed E-state index contributed by atoms with van der Waals surface area (Å²) >= 11 is 0. The topological polar surface area (TPSA) is 90.1 Å². The summed E-state index contributed by atoms with van der Waals surface area (Å²) in [5.74, 6) is 0.178. The van der Waals surface area contributed by atoms with Gasteiger partial charge in [0.15, 0.2) is 0 Å². The molecule has 0 unspecified atom stereocenters. The average molecular weight is 362 g/mol. The van der Waals surface area contributed by atoms with E-state index in [1.165, 1.54) is 28.5 Å². The fraction of sp³-hybridized carbons (Fsp3) is 0.200. The van der Waals surface area contributed by atoms with Gasteiger partial charge in [0.1, 0.15) is 6.20 Å². The second-order valence-electron chi connectivity index (χ2n) is 6.60. The van der Waals surface area contributed by atoms with E-state index in [-0.39, 0.29) is 18.1 Å². The quantitative estimate of drug-likeness (QED) is 0.433. The standard InChI is InChI=1S/C20H18N4O3/c1-13-21-19(24(26)27)12-23(13)9-8-20(25)22-16-6-7-18-15(11-16)10-14-4-2-3-5-17(14)18/h2-7,11-12H,8-10H2,1H3,(H,22,25). The van der Waals surface area contributed by atoms with Crippen molar-refractivity contribution in [2.75, 3.05) is 5.32 Å². The number of rotatable bonds is 5. The Balaban J connectivity index is 1.41. The van der Waals surface area contributed by atoms with Crippen molar-refractivity contribution >= 4 is 17.4 Å². The van der Waals surface area contributed by atoms with E-state index in [1.54, 1.807) is 11.5 Å². The van der Waals surface area contributed by atoms with Crippen LogP contribution in [0.3, 0.4) is 0 Å². The molecule has 0 saturated heterocycles.